The molecule has 0 spiro atoms. The van der Waals surface area contributed by atoms with Gasteiger partial charge in [0.1, 0.15) is 5.82 Å². The number of rotatable bonds is 2. The van der Waals surface area contributed by atoms with Gasteiger partial charge in [0.15, 0.2) is 0 Å². The van der Waals surface area contributed by atoms with Gasteiger partial charge in [-0.15, -0.1) is 0 Å². The number of amides is 2. The Balaban J connectivity index is 1.45. The van der Waals surface area contributed by atoms with Crippen molar-refractivity contribution in [3.05, 3.63) is 70.5 Å². The highest BCUT2D eigenvalue weighted by Gasteiger charge is 2.25. The molecule has 0 aliphatic carbocycles. The lowest BCUT2D eigenvalue weighted by Crippen LogP contribution is -2.42. The summed E-state index contributed by atoms with van der Waals surface area (Å²) in [4.78, 5) is 31.3. The van der Waals surface area contributed by atoms with Gasteiger partial charge in [-0.2, -0.15) is 0 Å². The summed E-state index contributed by atoms with van der Waals surface area (Å²) in [6.45, 7) is 3.05. The third-order valence-corrected chi connectivity index (χ3v) is 5.28. The van der Waals surface area contributed by atoms with E-state index in [1.54, 1.807) is 9.47 Å². The number of piperidine rings is 1. The van der Waals surface area contributed by atoms with E-state index >= 15 is 0 Å². The second-order valence-electron chi connectivity index (χ2n) is 7.08. The van der Waals surface area contributed by atoms with Crippen LogP contribution in [0.15, 0.2) is 53.6 Å². The summed E-state index contributed by atoms with van der Waals surface area (Å²) in [5, 5.41) is 3.35. The number of aryl methyl sites for hydroxylation is 1. The van der Waals surface area contributed by atoms with Crippen LogP contribution in [-0.2, 0) is 0 Å². The van der Waals surface area contributed by atoms with Gasteiger partial charge in [-0.1, -0.05) is 18.2 Å². The lowest BCUT2D eigenvalue weighted by atomic mass is 10.0. The average molecular weight is 380 g/mol. The molecule has 0 atom stereocenters. The number of carbonyl (C=O) groups is 1. The standard InChI is InChI=1S/C21H21FN4O2/c1-14-4-2-3-5-18(14)24-21(28)25-10-8-16(9-11-25)26-13-23-19-12-15(22)6-7-17(19)20(26)27/h2-7,12-13,16H,8-11H2,1H3,(H,24,28). The van der Waals surface area contributed by atoms with Crippen LogP contribution >= 0.6 is 0 Å². The van der Waals surface area contributed by atoms with Crippen molar-refractivity contribution in [2.24, 2.45) is 0 Å². The monoisotopic (exact) mass is 380 g/mol. The summed E-state index contributed by atoms with van der Waals surface area (Å²) in [6, 6.07) is 11.5. The van der Waals surface area contributed by atoms with Gasteiger partial charge >= 0.3 is 6.03 Å². The highest BCUT2D eigenvalue weighted by molar-refractivity contribution is 5.90. The predicted molar refractivity (Wildman–Crippen MR) is 106 cm³/mol. The number of hydrogen-bond donors (Lipinski definition) is 1. The number of aromatic nitrogens is 2. The number of nitrogens with zero attached hydrogens (tertiary/aromatic N) is 3. The van der Waals surface area contributed by atoms with Crippen LogP contribution in [-0.4, -0.2) is 33.6 Å². The number of likely N-dealkylation sites (tertiary alicyclic amines) is 1. The molecule has 3 aromatic rings. The number of halogens is 1. The molecule has 28 heavy (non-hydrogen) atoms. The van der Waals surface area contributed by atoms with Crippen molar-refractivity contribution in [2.45, 2.75) is 25.8 Å². The number of hydrogen-bond acceptors (Lipinski definition) is 3. The molecular formula is C21H21FN4O2. The number of para-hydroxylation sites is 1. The number of urea groups is 1. The van der Waals surface area contributed by atoms with Crippen molar-refractivity contribution >= 4 is 22.6 Å². The Labute approximate surface area is 161 Å². The summed E-state index contributed by atoms with van der Waals surface area (Å²) in [6.07, 6.45) is 2.81. The highest BCUT2D eigenvalue weighted by atomic mass is 19.1. The fourth-order valence-electron chi connectivity index (χ4n) is 3.62. The van der Waals surface area contributed by atoms with Gasteiger partial charge in [-0.3, -0.25) is 9.36 Å². The molecule has 2 aromatic carbocycles. The van der Waals surface area contributed by atoms with E-state index in [9.17, 15) is 14.0 Å². The van der Waals surface area contributed by atoms with Crippen molar-refractivity contribution in [1.29, 1.82) is 0 Å². The Morgan fingerprint density at radius 2 is 1.93 bits per heavy atom. The Kier molecular flexibility index (Phi) is 4.81. The van der Waals surface area contributed by atoms with Gasteiger partial charge in [0, 0.05) is 30.9 Å². The van der Waals surface area contributed by atoms with Crippen LogP contribution in [0.2, 0.25) is 0 Å². The second kappa shape index (κ2) is 7.42. The second-order valence-corrected chi connectivity index (χ2v) is 7.08. The molecule has 1 fully saturated rings. The van der Waals surface area contributed by atoms with Crippen LogP contribution in [0.25, 0.3) is 10.9 Å². The van der Waals surface area contributed by atoms with Crippen LogP contribution in [0.1, 0.15) is 24.4 Å². The molecular weight excluding hydrogens is 359 g/mol. The lowest BCUT2D eigenvalue weighted by molar-refractivity contribution is 0.182. The van der Waals surface area contributed by atoms with E-state index in [1.165, 1.54) is 24.5 Å². The van der Waals surface area contributed by atoms with Crippen molar-refractivity contribution in [3.63, 3.8) is 0 Å². The molecule has 7 heteroatoms. The van der Waals surface area contributed by atoms with Gasteiger partial charge in [-0.05, 0) is 43.5 Å². The van der Waals surface area contributed by atoms with E-state index in [2.05, 4.69) is 10.3 Å². The molecule has 0 radical (unpaired) electrons. The summed E-state index contributed by atoms with van der Waals surface area (Å²) < 4.78 is 14.9. The van der Waals surface area contributed by atoms with Crippen molar-refractivity contribution < 1.29 is 9.18 Å². The smallest absolute Gasteiger partial charge is 0.321 e. The number of fused-ring (bicyclic) bond motifs is 1. The van der Waals surface area contributed by atoms with Crippen LogP contribution in [0, 0.1) is 12.7 Å². The van der Waals surface area contributed by atoms with E-state index in [0.29, 0.717) is 36.8 Å². The molecule has 1 saturated heterocycles. The molecule has 2 heterocycles. The molecule has 1 aromatic heterocycles. The minimum absolute atomic E-state index is 0.0306. The van der Waals surface area contributed by atoms with Crippen LogP contribution in [0.4, 0.5) is 14.9 Å². The zero-order valence-electron chi connectivity index (χ0n) is 15.6. The third-order valence-electron chi connectivity index (χ3n) is 5.28. The van der Waals surface area contributed by atoms with Crippen molar-refractivity contribution in [1.82, 2.24) is 14.5 Å². The van der Waals surface area contributed by atoms with Gasteiger partial charge in [0.2, 0.25) is 0 Å². The quantitative estimate of drug-likeness (QED) is 0.737. The van der Waals surface area contributed by atoms with E-state index in [4.69, 9.17) is 0 Å². The van der Waals surface area contributed by atoms with Crippen LogP contribution in [0.5, 0.6) is 0 Å². The van der Waals surface area contributed by atoms with E-state index in [-0.39, 0.29) is 17.6 Å². The topological polar surface area (TPSA) is 67.2 Å². The first-order valence-electron chi connectivity index (χ1n) is 9.31. The molecule has 144 valence electrons. The summed E-state index contributed by atoms with van der Waals surface area (Å²) >= 11 is 0. The number of benzene rings is 2. The maximum absolute atomic E-state index is 13.3. The largest absolute Gasteiger partial charge is 0.324 e. The molecule has 1 aliphatic heterocycles. The van der Waals surface area contributed by atoms with E-state index < -0.39 is 5.82 Å². The van der Waals surface area contributed by atoms with Gasteiger partial charge in [0.05, 0.1) is 17.2 Å². The Morgan fingerprint density at radius 3 is 2.68 bits per heavy atom. The average Bonchev–Trinajstić information content (AvgIpc) is 2.70. The number of anilines is 1. The summed E-state index contributed by atoms with van der Waals surface area (Å²) in [5.74, 6) is -0.412. The first-order chi connectivity index (χ1) is 13.5. The van der Waals surface area contributed by atoms with Gasteiger partial charge in [0.25, 0.3) is 5.56 Å². The highest BCUT2D eigenvalue weighted by Crippen LogP contribution is 2.23. The first kappa shape index (κ1) is 18.2. The maximum Gasteiger partial charge on any atom is 0.321 e. The van der Waals surface area contributed by atoms with Crippen LogP contribution < -0.4 is 10.9 Å². The van der Waals surface area contributed by atoms with Crippen molar-refractivity contribution in [3.8, 4) is 0 Å². The van der Waals surface area contributed by atoms with E-state index in [0.717, 1.165) is 11.3 Å². The fourth-order valence-corrected chi connectivity index (χ4v) is 3.62. The Morgan fingerprint density at radius 1 is 1.18 bits per heavy atom. The van der Waals surface area contributed by atoms with Crippen molar-refractivity contribution in [2.75, 3.05) is 18.4 Å². The number of nitrogens with one attached hydrogen (secondary N) is 1. The Hall–Kier alpha value is -3.22. The molecule has 0 unspecified atom stereocenters. The zero-order valence-corrected chi connectivity index (χ0v) is 15.6. The first-order valence-corrected chi connectivity index (χ1v) is 9.31. The lowest BCUT2D eigenvalue weighted by Gasteiger charge is -2.33. The Bertz CT molecular complexity index is 1090. The summed E-state index contributed by atoms with van der Waals surface area (Å²) in [5.41, 5.74) is 2.00. The minimum Gasteiger partial charge on any atom is -0.324 e. The van der Waals surface area contributed by atoms with Gasteiger partial charge < -0.3 is 10.2 Å². The van der Waals surface area contributed by atoms with Gasteiger partial charge in [-0.25, -0.2) is 14.2 Å². The molecule has 1 aliphatic rings. The predicted octanol–water partition coefficient (Wildman–Crippen LogP) is 3.71. The third kappa shape index (κ3) is 3.47. The maximum atomic E-state index is 13.3. The number of carbonyl (C=O) groups excluding carboxylic acids is 1. The zero-order chi connectivity index (χ0) is 19.7. The van der Waals surface area contributed by atoms with Crippen LogP contribution in [0.3, 0.4) is 0 Å². The fraction of sp³-hybridized carbons (Fsp3) is 0.286. The molecule has 0 bridgehead atoms. The summed E-state index contributed by atoms with van der Waals surface area (Å²) in [7, 11) is 0. The molecule has 4 rings (SSSR count). The SMILES string of the molecule is Cc1ccccc1NC(=O)N1CCC(n2cnc3cc(F)ccc3c2=O)CC1. The minimum atomic E-state index is -0.412. The molecule has 2 amide bonds. The van der Waals surface area contributed by atoms with E-state index in [1.807, 2.05) is 31.2 Å². The molecule has 1 N–H and O–H groups in total. The molecule has 6 nitrogen and oxygen atoms in total. The molecule has 0 saturated carbocycles. The normalized spacial score (nSPS) is 15.0.